The first-order valence-electron chi connectivity index (χ1n) is 5.93. The van der Waals surface area contributed by atoms with Crippen LogP contribution >= 0.6 is 23.2 Å². The average Bonchev–Trinajstić information content (AvgIpc) is 1.82. The smallest absolute Gasteiger partial charge is 0.324 e. The number of hydrogen-bond acceptors (Lipinski definition) is 6. The third-order valence-corrected chi connectivity index (χ3v) is 4.64. The number of phosphoric ester groups is 2. The van der Waals surface area contributed by atoms with Crippen molar-refractivity contribution >= 4 is 23.2 Å². The van der Waals surface area contributed by atoms with E-state index in [0.29, 0.717) is 0 Å². The third-order valence-electron chi connectivity index (χ3n) is 1.04. The van der Waals surface area contributed by atoms with Gasteiger partial charge in [0.25, 0.3) is 0 Å². The third kappa shape index (κ3) is 27.5. The maximum Gasteiger partial charge on any atom is 0.479 e. The van der Waals surface area contributed by atoms with Gasteiger partial charge < -0.3 is 19.6 Å². The van der Waals surface area contributed by atoms with Gasteiger partial charge in [-0.15, -0.1) is 0 Å². The zero-order valence-corrected chi connectivity index (χ0v) is 16.3. The minimum atomic E-state index is -4.45. The molecule has 0 bridgehead atoms. The Balaban J connectivity index is -0.000000354. The Morgan fingerprint density at radius 2 is 1.04 bits per heavy atom. The van der Waals surface area contributed by atoms with Crippen LogP contribution in [0, 0.1) is 0 Å². The van der Waals surface area contributed by atoms with Crippen molar-refractivity contribution < 1.29 is 46.6 Å². The van der Waals surface area contributed by atoms with Crippen LogP contribution < -0.4 is 0 Å². The Hall–Kier alpha value is 0.410. The van der Waals surface area contributed by atoms with Crippen molar-refractivity contribution in [1.82, 2.24) is 0 Å². The van der Waals surface area contributed by atoms with Gasteiger partial charge in [0.15, 0.2) is 0 Å². The summed E-state index contributed by atoms with van der Waals surface area (Å²) >= 11 is 0. The lowest BCUT2D eigenvalue weighted by Gasteiger charge is -2.22. The summed E-state index contributed by atoms with van der Waals surface area (Å²) in [6.07, 6.45) is 0. The van der Waals surface area contributed by atoms with Gasteiger partial charge >= 0.3 is 23.2 Å². The summed E-state index contributed by atoms with van der Waals surface area (Å²) in [6, 6.07) is 0. The lowest BCUT2D eigenvalue weighted by atomic mass is 10.2. The molecular formula is C10H29O10P3. The largest absolute Gasteiger partial charge is 0.479 e. The van der Waals surface area contributed by atoms with Gasteiger partial charge in [0.05, 0.1) is 11.2 Å². The standard InChI is InChI=1S/C5H14O6P2.C4H11O4P.CH4/c1-5(2,3)10-13(8,9)11-12(4,6)7;1-4(2,3)8-9(5,6)7;/h1-4H3,(H,6,7)(H,8,9);1-3H3,(H2,5,6,7);1H4. The van der Waals surface area contributed by atoms with Gasteiger partial charge in [-0.05, 0) is 41.5 Å². The summed E-state index contributed by atoms with van der Waals surface area (Å²) in [5.41, 5.74) is -1.70. The van der Waals surface area contributed by atoms with Crippen LogP contribution in [0.5, 0.6) is 0 Å². The first-order valence-corrected chi connectivity index (χ1v) is 11.0. The molecule has 4 N–H and O–H groups in total. The fourth-order valence-corrected chi connectivity index (χ4v) is 3.98. The summed E-state index contributed by atoms with van der Waals surface area (Å²) < 4.78 is 44.6. The Morgan fingerprint density at radius 3 is 1.17 bits per heavy atom. The van der Waals surface area contributed by atoms with E-state index in [1.165, 1.54) is 20.8 Å². The van der Waals surface area contributed by atoms with E-state index in [0.717, 1.165) is 6.66 Å². The number of hydrogen-bond donors (Lipinski definition) is 4. The highest BCUT2D eigenvalue weighted by Gasteiger charge is 2.34. The Kier molecular flexibility index (Phi) is 11.3. The molecule has 0 saturated carbocycles. The maximum atomic E-state index is 11.0. The normalized spacial score (nSPS) is 17.9. The van der Waals surface area contributed by atoms with Crippen molar-refractivity contribution in [2.45, 2.75) is 60.2 Å². The summed E-state index contributed by atoms with van der Waals surface area (Å²) in [6.45, 7) is 10.1. The molecule has 2 unspecified atom stereocenters. The van der Waals surface area contributed by atoms with E-state index in [9.17, 15) is 13.7 Å². The second kappa shape index (κ2) is 9.20. The van der Waals surface area contributed by atoms with Crippen molar-refractivity contribution in [1.29, 1.82) is 0 Å². The Labute approximate surface area is 137 Å². The van der Waals surface area contributed by atoms with Crippen LogP contribution in [0.1, 0.15) is 49.0 Å². The van der Waals surface area contributed by atoms with Crippen LogP contribution in [0.4, 0.5) is 0 Å². The molecule has 0 spiro atoms. The van der Waals surface area contributed by atoms with E-state index in [-0.39, 0.29) is 7.43 Å². The lowest BCUT2D eigenvalue weighted by Crippen LogP contribution is -2.17. The lowest BCUT2D eigenvalue weighted by molar-refractivity contribution is 0.0799. The molecule has 13 heteroatoms. The highest BCUT2D eigenvalue weighted by molar-refractivity contribution is 7.63. The molecule has 0 aliphatic rings. The average molecular weight is 402 g/mol. The van der Waals surface area contributed by atoms with E-state index in [1.54, 1.807) is 20.8 Å². The van der Waals surface area contributed by atoms with E-state index in [2.05, 4.69) is 13.4 Å². The van der Waals surface area contributed by atoms with Crippen molar-refractivity contribution in [2.75, 3.05) is 6.66 Å². The topological polar surface area (TPSA) is 160 Å². The monoisotopic (exact) mass is 402 g/mol. The Morgan fingerprint density at radius 1 is 0.739 bits per heavy atom. The van der Waals surface area contributed by atoms with Crippen LogP contribution in [-0.2, 0) is 27.1 Å². The van der Waals surface area contributed by atoms with Crippen molar-refractivity contribution in [2.24, 2.45) is 0 Å². The molecule has 0 saturated heterocycles. The second-order valence-electron chi connectivity index (χ2n) is 6.25. The summed E-state index contributed by atoms with van der Waals surface area (Å²) in [7, 11) is -12.7. The van der Waals surface area contributed by atoms with Crippen LogP contribution in [0.25, 0.3) is 0 Å². The molecular weight excluding hydrogens is 373 g/mol. The van der Waals surface area contributed by atoms with Gasteiger partial charge in [0, 0.05) is 6.66 Å². The molecule has 0 fully saturated rings. The van der Waals surface area contributed by atoms with Crippen LogP contribution in [0.15, 0.2) is 0 Å². The molecule has 0 radical (unpaired) electrons. The van der Waals surface area contributed by atoms with E-state index in [4.69, 9.17) is 19.6 Å². The minimum absolute atomic E-state index is 0. The molecule has 23 heavy (non-hydrogen) atoms. The van der Waals surface area contributed by atoms with Crippen molar-refractivity contribution in [3.8, 4) is 0 Å². The molecule has 0 rings (SSSR count). The van der Waals surface area contributed by atoms with Crippen LogP contribution in [0.2, 0.25) is 0 Å². The molecule has 0 amide bonds. The van der Waals surface area contributed by atoms with Gasteiger partial charge in [-0.3, -0.25) is 13.6 Å². The zero-order chi connectivity index (χ0) is 18.6. The highest BCUT2D eigenvalue weighted by atomic mass is 31.3. The van der Waals surface area contributed by atoms with E-state index in [1.807, 2.05) is 0 Å². The van der Waals surface area contributed by atoms with Gasteiger partial charge in [-0.1, -0.05) is 7.43 Å². The van der Waals surface area contributed by atoms with Gasteiger partial charge in [-0.25, -0.2) is 13.4 Å². The minimum Gasteiger partial charge on any atom is -0.324 e. The molecule has 10 nitrogen and oxygen atoms in total. The van der Waals surface area contributed by atoms with Crippen molar-refractivity contribution in [3.63, 3.8) is 0 Å². The summed E-state index contributed by atoms with van der Waals surface area (Å²) in [4.78, 5) is 34.1. The summed E-state index contributed by atoms with van der Waals surface area (Å²) in [5.74, 6) is 0. The first-order chi connectivity index (χ1) is 9.12. The number of phosphoric acid groups is 2. The SMILES string of the molecule is C.CC(C)(C)OP(=O)(O)O.CC(C)(C)OP(=O)(O)OP(C)(=O)O. The zero-order valence-electron chi connectivity index (χ0n) is 13.6. The molecule has 0 aromatic carbocycles. The quantitative estimate of drug-likeness (QED) is 0.514. The number of rotatable bonds is 4. The highest BCUT2D eigenvalue weighted by Crippen LogP contribution is 2.59. The second-order valence-corrected chi connectivity index (χ2v) is 10.8. The fourth-order valence-electron chi connectivity index (χ4n) is 0.911. The van der Waals surface area contributed by atoms with Gasteiger partial charge in [0.2, 0.25) is 0 Å². The van der Waals surface area contributed by atoms with Gasteiger partial charge in [-0.2, -0.15) is 0 Å². The first kappa shape index (κ1) is 28.2. The maximum absolute atomic E-state index is 11.0. The molecule has 0 aliphatic heterocycles. The molecule has 0 aromatic rings. The van der Waals surface area contributed by atoms with Gasteiger partial charge in [0.1, 0.15) is 0 Å². The summed E-state index contributed by atoms with van der Waals surface area (Å²) in [5, 5.41) is 0. The predicted octanol–water partition coefficient (Wildman–Crippen LogP) is 3.26. The molecule has 0 aliphatic carbocycles. The molecule has 0 aromatic heterocycles. The fraction of sp³-hybridized carbons (Fsp3) is 1.00. The van der Waals surface area contributed by atoms with Crippen LogP contribution in [-0.4, -0.2) is 37.4 Å². The molecule has 2 atom stereocenters. The molecule has 0 heterocycles. The predicted molar refractivity (Wildman–Crippen MR) is 87.1 cm³/mol. The van der Waals surface area contributed by atoms with Crippen molar-refractivity contribution in [3.05, 3.63) is 0 Å². The Bertz CT molecular complexity index is 478. The van der Waals surface area contributed by atoms with E-state index < -0.39 is 34.4 Å². The van der Waals surface area contributed by atoms with Crippen LogP contribution in [0.3, 0.4) is 0 Å². The van der Waals surface area contributed by atoms with E-state index >= 15 is 0 Å². The molecule has 144 valence electrons.